The van der Waals surface area contributed by atoms with E-state index < -0.39 is 10.8 Å². The van der Waals surface area contributed by atoms with E-state index >= 15 is 0 Å². The lowest BCUT2D eigenvalue weighted by Gasteiger charge is -2.03. The molecule has 0 unspecified atom stereocenters. The Bertz CT molecular complexity index is 648. The number of non-ortho nitro benzene ring substituents is 1. The van der Waals surface area contributed by atoms with Crippen LogP contribution in [0.15, 0.2) is 24.3 Å². The van der Waals surface area contributed by atoms with Crippen molar-refractivity contribution in [1.29, 1.82) is 0 Å². The van der Waals surface area contributed by atoms with Gasteiger partial charge in [0.2, 0.25) is 0 Å². The summed E-state index contributed by atoms with van der Waals surface area (Å²) in [6.45, 7) is 3.66. The third-order valence-electron chi connectivity index (χ3n) is 2.80. The number of nitro groups is 1. The Hall–Kier alpha value is -2.70. The molecule has 0 saturated heterocycles. The van der Waals surface area contributed by atoms with Crippen LogP contribution in [-0.4, -0.2) is 21.0 Å². The molecule has 2 aromatic rings. The van der Waals surface area contributed by atoms with Crippen molar-refractivity contribution >= 4 is 17.4 Å². The third-order valence-corrected chi connectivity index (χ3v) is 2.80. The van der Waals surface area contributed by atoms with Crippen LogP contribution in [0.2, 0.25) is 0 Å². The van der Waals surface area contributed by atoms with E-state index in [9.17, 15) is 14.9 Å². The Morgan fingerprint density at radius 3 is 2.74 bits per heavy atom. The number of H-pyrrole nitrogens is 1. The molecule has 1 heterocycles. The minimum absolute atomic E-state index is 0.123. The first kappa shape index (κ1) is 12.7. The number of rotatable bonds is 3. The summed E-state index contributed by atoms with van der Waals surface area (Å²) in [5, 5.41) is 20.0. The van der Waals surface area contributed by atoms with Crippen LogP contribution in [0.3, 0.4) is 0 Å². The zero-order valence-electron chi connectivity index (χ0n) is 10.4. The number of nitrogens with one attached hydrogen (secondary N) is 2. The van der Waals surface area contributed by atoms with Crippen LogP contribution in [0, 0.1) is 24.0 Å². The van der Waals surface area contributed by atoms with Crippen molar-refractivity contribution in [1.82, 2.24) is 10.2 Å². The standard InChI is InChI=1S/C12H12N4O3/c1-7-8(2)14-15-11(7)13-12(17)9-4-3-5-10(6-9)16(18)19/h3-6H,1-2H3,(H2,13,14,15,17). The molecular weight excluding hydrogens is 248 g/mol. The molecule has 2 N–H and O–H groups in total. The number of nitro benzene ring substituents is 1. The molecule has 1 aromatic heterocycles. The van der Waals surface area contributed by atoms with Gasteiger partial charge in [0, 0.05) is 29.0 Å². The zero-order valence-corrected chi connectivity index (χ0v) is 10.4. The molecule has 0 aliphatic carbocycles. The second kappa shape index (κ2) is 4.89. The van der Waals surface area contributed by atoms with E-state index in [4.69, 9.17) is 0 Å². The second-order valence-corrected chi connectivity index (χ2v) is 4.08. The summed E-state index contributed by atoms with van der Waals surface area (Å²) in [5.41, 5.74) is 1.78. The fourth-order valence-corrected chi connectivity index (χ4v) is 1.55. The molecule has 7 heteroatoms. The molecule has 0 atom stereocenters. The van der Waals surface area contributed by atoms with E-state index in [1.807, 2.05) is 13.8 Å². The average Bonchev–Trinajstić information content (AvgIpc) is 2.71. The average molecular weight is 260 g/mol. The van der Waals surface area contributed by atoms with Crippen molar-refractivity contribution in [2.45, 2.75) is 13.8 Å². The maximum Gasteiger partial charge on any atom is 0.270 e. The van der Waals surface area contributed by atoms with Crippen LogP contribution in [0.25, 0.3) is 0 Å². The van der Waals surface area contributed by atoms with Crippen molar-refractivity contribution in [2.24, 2.45) is 0 Å². The van der Waals surface area contributed by atoms with E-state index in [-0.39, 0.29) is 11.3 Å². The van der Waals surface area contributed by atoms with Gasteiger partial charge in [-0.3, -0.25) is 20.0 Å². The van der Waals surface area contributed by atoms with Crippen molar-refractivity contribution in [3.05, 3.63) is 51.2 Å². The number of hydrogen-bond acceptors (Lipinski definition) is 4. The lowest BCUT2D eigenvalue weighted by molar-refractivity contribution is -0.384. The van der Waals surface area contributed by atoms with Gasteiger partial charge in [0.15, 0.2) is 5.82 Å². The van der Waals surface area contributed by atoms with Gasteiger partial charge in [-0.25, -0.2) is 0 Å². The summed E-state index contributed by atoms with van der Waals surface area (Å²) >= 11 is 0. The molecule has 0 spiro atoms. The maximum atomic E-state index is 12.0. The first-order valence-corrected chi connectivity index (χ1v) is 5.56. The van der Waals surface area contributed by atoms with Crippen molar-refractivity contribution < 1.29 is 9.72 Å². The topological polar surface area (TPSA) is 101 Å². The van der Waals surface area contributed by atoms with Crippen molar-refractivity contribution in [3.63, 3.8) is 0 Å². The zero-order chi connectivity index (χ0) is 14.0. The fraction of sp³-hybridized carbons (Fsp3) is 0.167. The minimum Gasteiger partial charge on any atom is -0.305 e. The summed E-state index contributed by atoms with van der Waals surface area (Å²) in [6.07, 6.45) is 0. The quantitative estimate of drug-likeness (QED) is 0.652. The first-order valence-electron chi connectivity index (χ1n) is 5.56. The van der Waals surface area contributed by atoms with Gasteiger partial charge in [-0.1, -0.05) is 6.07 Å². The van der Waals surface area contributed by atoms with E-state index in [2.05, 4.69) is 15.5 Å². The number of benzene rings is 1. The van der Waals surface area contributed by atoms with E-state index in [0.29, 0.717) is 5.82 Å². The smallest absolute Gasteiger partial charge is 0.270 e. The van der Waals surface area contributed by atoms with Crippen LogP contribution in [0.5, 0.6) is 0 Å². The van der Waals surface area contributed by atoms with E-state index in [1.54, 1.807) is 0 Å². The number of anilines is 1. The van der Waals surface area contributed by atoms with Crippen LogP contribution in [-0.2, 0) is 0 Å². The van der Waals surface area contributed by atoms with Crippen molar-refractivity contribution in [2.75, 3.05) is 5.32 Å². The number of amides is 1. The normalized spacial score (nSPS) is 10.2. The van der Waals surface area contributed by atoms with Gasteiger partial charge in [0.25, 0.3) is 11.6 Å². The highest BCUT2D eigenvalue weighted by Crippen LogP contribution is 2.17. The summed E-state index contributed by atoms with van der Waals surface area (Å²) in [4.78, 5) is 22.1. The van der Waals surface area contributed by atoms with Crippen LogP contribution in [0.4, 0.5) is 11.5 Å². The van der Waals surface area contributed by atoms with Gasteiger partial charge in [0.1, 0.15) is 0 Å². The molecular formula is C12H12N4O3. The number of hydrogen-bond donors (Lipinski definition) is 2. The Morgan fingerprint density at radius 2 is 2.16 bits per heavy atom. The SMILES string of the molecule is Cc1[nH]nc(NC(=O)c2cccc([N+](=O)[O-])c2)c1C. The molecule has 98 valence electrons. The molecule has 19 heavy (non-hydrogen) atoms. The molecule has 0 aliphatic heterocycles. The Morgan fingerprint density at radius 1 is 1.42 bits per heavy atom. The summed E-state index contributed by atoms with van der Waals surface area (Å²) < 4.78 is 0. The highest BCUT2D eigenvalue weighted by Gasteiger charge is 2.14. The predicted octanol–water partition coefficient (Wildman–Crippen LogP) is 2.19. The number of carbonyl (C=O) groups excluding carboxylic acids is 1. The van der Waals surface area contributed by atoms with Gasteiger partial charge in [-0.15, -0.1) is 0 Å². The number of aromatic nitrogens is 2. The third kappa shape index (κ3) is 2.59. The Labute approximate surface area is 108 Å². The fourth-order valence-electron chi connectivity index (χ4n) is 1.55. The predicted molar refractivity (Wildman–Crippen MR) is 69.1 cm³/mol. The number of aromatic amines is 1. The highest BCUT2D eigenvalue weighted by atomic mass is 16.6. The maximum absolute atomic E-state index is 12.0. The lowest BCUT2D eigenvalue weighted by atomic mass is 10.2. The van der Waals surface area contributed by atoms with Gasteiger partial charge >= 0.3 is 0 Å². The molecule has 0 aliphatic rings. The summed E-state index contributed by atoms with van der Waals surface area (Å²) in [6, 6.07) is 5.54. The molecule has 0 fully saturated rings. The molecule has 7 nitrogen and oxygen atoms in total. The summed E-state index contributed by atoms with van der Waals surface area (Å²) in [7, 11) is 0. The molecule has 0 bridgehead atoms. The lowest BCUT2D eigenvalue weighted by Crippen LogP contribution is -2.13. The van der Waals surface area contributed by atoms with Gasteiger partial charge in [0.05, 0.1) is 4.92 Å². The van der Waals surface area contributed by atoms with Crippen molar-refractivity contribution in [3.8, 4) is 0 Å². The Kier molecular flexibility index (Phi) is 3.28. The number of aryl methyl sites for hydroxylation is 1. The first-order chi connectivity index (χ1) is 8.99. The van der Waals surface area contributed by atoms with Gasteiger partial charge < -0.3 is 5.32 Å². The number of nitrogens with zero attached hydrogens (tertiary/aromatic N) is 2. The van der Waals surface area contributed by atoms with Crippen LogP contribution in [0.1, 0.15) is 21.6 Å². The highest BCUT2D eigenvalue weighted by molar-refractivity contribution is 6.04. The van der Waals surface area contributed by atoms with E-state index in [0.717, 1.165) is 11.3 Å². The minimum atomic E-state index is -0.541. The monoisotopic (exact) mass is 260 g/mol. The van der Waals surface area contributed by atoms with Crippen LogP contribution >= 0.6 is 0 Å². The molecule has 1 amide bonds. The van der Waals surface area contributed by atoms with Gasteiger partial charge in [-0.05, 0) is 19.9 Å². The molecule has 0 radical (unpaired) electrons. The molecule has 0 saturated carbocycles. The molecule has 1 aromatic carbocycles. The Balaban J connectivity index is 2.23. The van der Waals surface area contributed by atoms with Crippen LogP contribution < -0.4 is 5.32 Å². The molecule has 2 rings (SSSR count). The van der Waals surface area contributed by atoms with Gasteiger partial charge in [-0.2, -0.15) is 5.10 Å². The van der Waals surface area contributed by atoms with E-state index in [1.165, 1.54) is 24.3 Å². The summed E-state index contributed by atoms with van der Waals surface area (Å²) in [5.74, 6) is -0.00712. The number of carbonyl (C=O) groups is 1. The second-order valence-electron chi connectivity index (χ2n) is 4.08. The largest absolute Gasteiger partial charge is 0.305 e.